The quantitative estimate of drug-likeness (QED) is 0.289. The number of likely N-dealkylation sites (tertiary alicyclic amines) is 1. The van der Waals surface area contributed by atoms with Crippen molar-refractivity contribution < 1.29 is 15.1 Å². The van der Waals surface area contributed by atoms with Crippen LogP contribution in [-0.2, 0) is 4.79 Å². The van der Waals surface area contributed by atoms with Gasteiger partial charge in [-0.25, -0.2) is 0 Å². The third-order valence-electron chi connectivity index (χ3n) is 4.54. The number of aliphatic hydroxyl groups is 1. The molecule has 0 bridgehead atoms. The summed E-state index contributed by atoms with van der Waals surface area (Å²) in [6.45, 7) is 2.65. The van der Waals surface area contributed by atoms with Crippen molar-refractivity contribution in [2.45, 2.75) is 38.6 Å². The minimum Gasteiger partial charge on any atom is -0.409 e. The Bertz CT molecular complexity index is 366. The second-order valence-electron chi connectivity index (χ2n) is 5.44. The van der Waals surface area contributed by atoms with Crippen molar-refractivity contribution in [3.05, 3.63) is 0 Å². The predicted molar refractivity (Wildman–Crippen MR) is 66.1 cm³/mol. The first-order chi connectivity index (χ1) is 8.56. The van der Waals surface area contributed by atoms with Crippen LogP contribution in [0.4, 0.5) is 0 Å². The van der Waals surface area contributed by atoms with Crippen molar-refractivity contribution in [1.82, 2.24) is 4.90 Å². The summed E-state index contributed by atoms with van der Waals surface area (Å²) in [6.07, 6.45) is 3.06. The summed E-state index contributed by atoms with van der Waals surface area (Å²) in [5.41, 5.74) is 4.87. The summed E-state index contributed by atoms with van der Waals surface area (Å²) in [5, 5.41) is 21.3. The van der Waals surface area contributed by atoms with Crippen molar-refractivity contribution in [1.29, 1.82) is 0 Å². The maximum Gasteiger partial charge on any atom is 0.236 e. The van der Waals surface area contributed by atoms with Gasteiger partial charge in [-0.1, -0.05) is 18.5 Å². The van der Waals surface area contributed by atoms with Gasteiger partial charge in [-0.15, -0.1) is 0 Å². The van der Waals surface area contributed by atoms with E-state index in [9.17, 15) is 9.90 Å². The Balaban J connectivity index is 2.20. The molecule has 0 radical (unpaired) electrons. The number of rotatable bonds is 3. The second-order valence-corrected chi connectivity index (χ2v) is 5.44. The summed E-state index contributed by atoms with van der Waals surface area (Å²) in [5.74, 6) is 0.214. The zero-order valence-electron chi connectivity index (χ0n) is 10.7. The van der Waals surface area contributed by atoms with Gasteiger partial charge < -0.3 is 20.9 Å². The Hall–Kier alpha value is -1.30. The van der Waals surface area contributed by atoms with Gasteiger partial charge in [0.2, 0.25) is 5.91 Å². The van der Waals surface area contributed by atoms with Crippen LogP contribution in [0.2, 0.25) is 0 Å². The first kappa shape index (κ1) is 13.1. The fourth-order valence-electron chi connectivity index (χ4n) is 3.02. The van der Waals surface area contributed by atoms with Crippen LogP contribution < -0.4 is 5.73 Å². The Labute approximate surface area is 106 Å². The monoisotopic (exact) mass is 255 g/mol. The summed E-state index contributed by atoms with van der Waals surface area (Å²) in [7, 11) is 0. The molecular weight excluding hydrogens is 234 g/mol. The Morgan fingerprint density at radius 1 is 1.56 bits per heavy atom. The lowest BCUT2D eigenvalue weighted by Gasteiger charge is -2.42. The lowest BCUT2D eigenvalue weighted by Crippen LogP contribution is -2.57. The van der Waals surface area contributed by atoms with E-state index < -0.39 is 5.41 Å². The van der Waals surface area contributed by atoms with E-state index in [1.807, 2.05) is 6.92 Å². The van der Waals surface area contributed by atoms with E-state index in [1.54, 1.807) is 4.90 Å². The highest BCUT2D eigenvalue weighted by molar-refractivity contribution is 6.07. The lowest BCUT2D eigenvalue weighted by molar-refractivity contribution is -0.144. The highest BCUT2D eigenvalue weighted by atomic mass is 16.4. The molecule has 0 spiro atoms. The van der Waals surface area contributed by atoms with Crippen molar-refractivity contribution in [3.8, 4) is 0 Å². The molecule has 1 aliphatic heterocycles. The van der Waals surface area contributed by atoms with Gasteiger partial charge in [-0.3, -0.25) is 4.79 Å². The van der Waals surface area contributed by atoms with E-state index in [2.05, 4.69) is 5.16 Å². The molecule has 1 aliphatic carbocycles. The summed E-state index contributed by atoms with van der Waals surface area (Å²) in [6, 6.07) is -0.138. The third-order valence-corrected chi connectivity index (χ3v) is 4.54. The van der Waals surface area contributed by atoms with Crippen molar-refractivity contribution >= 4 is 11.7 Å². The third kappa shape index (κ3) is 1.75. The molecule has 1 saturated heterocycles. The molecule has 102 valence electrons. The van der Waals surface area contributed by atoms with E-state index in [0.29, 0.717) is 25.3 Å². The molecule has 2 rings (SSSR count). The molecule has 6 nitrogen and oxygen atoms in total. The summed E-state index contributed by atoms with van der Waals surface area (Å²) < 4.78 is 0. The standard InChI is InChI=1S/C12H21N3O3/c1-8-3-6-15(9(8)7-16)11(17)12(4-2-5-12)10(13)14-18/h8-9,16,18H,2-7H2,1H3,(H2,13,14). The minimum absolute atomic E-state index is 0.00925. The van der Waals surface area contributed by atoms with Crippen LogP contribution in [0, 0.1) is 11.3 Å². The molecule has 4 N–H and O–H groups in total. The average molecular weight is 255 g/mol. The average Bonchev–Trinajstić information content (AvgIpc) is 2.68. The number of nitrogens with two attached hydrogens (primary N) is 1. The molecular formula is C12H21N3O3. The molecule has 18 heavy (non-hydrogen) atoms. The van der Waals surface area contributed by atoms with Crippen molar-refractivity contribution in [3.63, 3.8) is 0 Å². The fourth-order valence-corrected chi connectivity index (χ4v) is 3.02. The van der Waals surface area contributed by atoms with Crippen LogP contribution in [0.15, 0.2) is 5.16 Å². The molecule has 0 aromatic carbocycles. The van der Waals surface area contributed by atoms with Gasteiger partial charge in [0.25, 0.3) is 0 Å². The fraction of sp³-hybridized carbons (Fsp3) is 0.833. The molecule has 2 unspecified atom stereocenters. The van der Waals surface area contributed by atoms with E-state index in [-0.39, 0.29) is 24.4 Å². The van der Waals surface area contributed by atoms with E-state index >= 15 is 0 Å². The Morgan fingerprint density at radius 2 is 2.22 bits per heavy atom. The number of aliphatic hydroxyl groups excluding tert-OH is 1. The largest absolute Gasteiger partial charge is 0.409 e. The van der Waals surface area contributed by atoms with Crippen LogP contribution in [0.5, 0.6) is 0 Å². The highest BCUT2D eigenvalue weighted by Crippen LogP contribution is 2.44. The second kappa shape index (κ2) is 4.76. The number of hydrogen-bond acceptors (Lipinski definition) is 4. The zero-order chi connectivity index (χ0) is 13.3. The maximum absolute atomic E-state index is 12.6. The number of amidine groups is 1. The van der Waals surface area contributed by atoms with Gasteiger partial charge in [-0.2, -0.15) is 0 Å². The molecule has 1 heterocycles. The molecule has 0 aromatic rings. The first-order valence-corrected chi connectivity index (χ1v) is 6.46. The van der Waals surface area contributed by atoms with Crippen molar-refractivity contribution in [2.24, 2.45) is 22.2 Å². The molecule has 1 saturated carbocycles. The number of oxime groups is 1. The molecule has 2 atom stereocenters. The van der Waals surface area contributed by atoms with Crippen LogP contribution in [0.1, 0.15) is 32.6 Å². The number of hydrogen-bond donors (Lipinski definition) is 3. The van der Waals surface area contributed by atoms with E-state index in [4.69, 9.17) is 10.9 Å². The number of amides is 1. The van der Waals surface area contributed by atoms with Crippen LogP contribution in [-0.4, -0.2) is 46.1 Å². The first-order valence-electron chi connectivity index (χ1n) is 6.46. The Kier molecular flexibility index (Phi) is 3.47. The van der Waals surface area contributed by atoms with Crippen molar-refractivity contribution in [2.75, 3.05) is 13.2 Å². The van der Waals surface area contributed by atoms with Crippen LogP contribution >= 0.6 is 0 Å². The highest BCUT2D eigenvalue weighted by Gasteiger charge is 2.52. The van der Waals surface area contributed by atoms with E-state index in [1.165, 1.54) is 0 Å². The topological polar surface area (TPSA) is 99.2 Å². The summed E-state index contributed by atoms with van der Waals surface area (Å²) >= 11 is 0. The molecule has 0 aromatic heterocycles. The molecule has 6 heteroatoms. The van der Waals surface area contributed by atoms with Gasteiger partial charge in [-0.05, 0) is 25.2 Å². The molecule has 2 fully saturated rings. The van der Waals surface area contributed by atoms with Gasteiger partial charge in [0.1, 0.15) is 5.41 Å². The normalized spacial score (nSPS) is 31.2. The molecule has 1 amide bonds. The smallest absolute Gasteiger partial charge is 0.236 e. The van der Waals surface area contributed by atoms with Gasteiger partial charge in [0.05, 0.1) is 12.6 Å². The predicted octanol–water partition coefficient (Wildman–Crippen LogP) is 0.132. The van der Waals surface area contributed by atoms with Crippen LogP contribution in [0.3, 0.4) is 0 Å². The lowest BCUT2D eigenvalue weighted by atomic mass is 9.66. The van der Waals surface area contributed by atoms with Gasteiger partial charge >= 0.3 is 0 Å². The van der Waals surface area contributed by atoms with Crippen LogP contribution in [0.25, 0.3) is 0 Å². The van der Waals surface area contributed by atoms with Gasteiger partial charge in [0, 0.05) is 6.54 Å². The SMILES string of the molecule is CC1CCN(C(=O)C2(C(N)=NO)CCC2)C1CO. The van der Waals surface area contributed by atoms with Gasteiger partial charge in [0.15, 0.2) is 5.84 Å². The minimum atomic E-state index is -0.827. The maximum atomic E-state index is 12.6. The number of nitrogens with zero attached hydrogens (tertiary/aromatic N) is 2. The number of carbonyl (C=O) groups excluding carboxylic acids is 1. The molecule has 2 aliphatic rings. The zero-order valence-corrected chi connectivity index (χ0v) is 10.7. The Morgan fingerprint density at radius 3 is 2.67 bits per heavy atom. The number of carbonyl (C=O) groups is 1. The summed E-state index contributed by atoms with van der Waals surface area (Å²) in [4.78, 5) is 14.3. The van der Waals surface area contributed by atoms with E-state index in [0.717, 1.165) is 12.8 Å².